The van der Waals surface area contributed by atoms with Crippen molar-refractivity contribution in [2.75, 3.05) is 42.3 Å². The Morgan fingerprint density at radius 3 is 2.56 bits per heavy atom. The van der Waals surface area contributed by atoms with Crippen molar-refractivity contribution in [3.05, 3.63) is 47.9 Å². The number of aromatic carboxylic acids is 1. The van der Waals surface area contributed by atoms with Crippen LogP contribution in [0, 0.1) is 11.7 Å². The van der Waals surface area contributed by atoms with Crippen molar-refractivity contribution in [1.29, 1.82) is 0 Å². The van der Waals surface area contributed by atoms with Crippen molar-refractivity contribution in [3.63, 3.8) is 0 Å². The maximum atomic E-state index is 13.1. The Kier molecular flexibility index (Phi) is 6.61. The molecule has 1 aromatic carbocycles. The van der Waals surface area contributed by atoms with Gasteiger partial charge in [0.1, 0.15) is 17.2 Å². The molecule has 4 rings (SSSR count). The summed E-state index contributed by atoms with van der Waals surface area (Å²) in [5, 5.41) is 9.77. The topological polar surface area (TPSA) is 103 Å². The van der Waals surface area contributed by atoms with Crippen molar-refractivity contribution in [1.82, 2.24) is 9.88 Å². The van der Waals surface area contributed by atoms with E-state index in [1.165, 1.54) is 25.1 Å². The van der Waals surface area contributed by atoms with Gasteiger partial charge in [-0.15, -0.1) is 0 Å². The lowest BCUT2D eigenvalue weighted by molar-refractivity contribution is 0.0697. The SMILES string of the molecule is O=C(O)c1cc(NS(=O)(=O)c2ccc(F)cc2)cnc1N1CCCC(CN2CCCC2)C1. The average molecular weight is 463 g/mol. The summed E-state index contributed by atoms with van der Waals surface area (Å²) in [6.45, 7) is 4.69. The van der Waals surface area contributed by atoms with Gasteiger partial charge in [-0.3, -0.25) is 4.72 Å². The number of benzene rings is 1. The molecule has 2 saturated heterocycles. The molecule has 8 nitrogen and oxygen atoms in total. The monoisotopic (exact) mass is 462 g/mol. The fourth-order valence-electron chi connectivity index (χ4n) is 4.49. The number of piperidine rings is 1. The Balaban J connectivity index is 1.52. The average Bonchev–Trinajstić information content (AvgIpc) is 3.27. The third-order valence-electron chi connectivity index (χ3n) is 6.01. The van der Waals surface area contributed by atoms with Gasteiger partial charge in [0.25, 0.3) is 10.0 Å². The number of hydrogen-bond acceptors (Lipinski definition) is 6. The van der Waals surface area contributed by atoms with Gasteiger partial charge in [0, 0.05) is 19.6 Å². The molecule has 10 heteroatoms. The van der Waals surface area contributed by atoms with Gasteiger partial charge in [0.05, 0.1) is 16.8 Å². The molecule has 2 aliphatic rings. The lowest BCUT2D eigenvalue weighted by Crippen LogP contribution is -2.41. The summed E-state index contributed by atoms with van der Waals surface area (Å²) in [5.41, 5.74) is -0.00719. The zero-order chi connectivity index (χ0) is 22.7. The van der Waals surface area contributed by atoms with Crippen molar-refractivity contribution in [2.45, 2.75) is 30.6 Å². The standard InChI is InChI=1S/C22H27FN4O4S/c23-17-5-7-19(8-6-17)32(30,31)25-18-12-20(22(28)29)21(24-13-18)27-11-3-4-16(15-27)14-26-9-1-2-10-26/h5-8,12-13,16,25H,1-4,9-11,14-15H2,(H,28,29). The fourth-order valence-corrected chi connectivity index (χ4v) is 5.52. The number of nitrogens with one attached hydrogen (secondary N) is 1. The highest BCUT2D eigenvalue weighted by atomic mass is 32.2. The Bertz CT molecular complexity index is 1070. The van der Waals surface area contributed by atoms with Crippen LogP contribution in [0.4, 0.5) is 15.9 Å². The molecule has 0 radical (unpaired) electrons. The largest absolute Gasteiger partial charge is 0.478 e. The van der Waals surface area contributed by atoms with E-state index in [2.05, 4.69) is 14.6 Å². The number of aromatic nitrogens is 1. The highest BCUT2D eigenvalue weighted by Gasteiger charge is 2.27. The van der Waals surface area contributed by atoms with E-state index >= 15 is 0 Å². The smallest absolute Gasteiger partial charge is 0.339 e. The first-order valence-electron chi connectivity index (χ1n) is 10.8. The maximum absolute atomic E-state index is 13.1. The molecular weight excluding hydrogens is 435 g/mol. The molecule has 172 valence electrons. The second-order valence-corrected chi connectivity index (χ2v) is 10.1. The number of carboxylic acids is 1. The number of sulfonamides is 1. The molecule has 2 aromatic rings. The van der Waals surface area contributed by atoms with Crippen LogP contribution >= 0.6 is 0 Å². The van der Waals surface area contributed by atoms with E-state index in [1.807, 2.05) is 4.90 Å². The number of anilines is 2. The van der Waals surface area contributed by atoms with Gasteiger partial charge < -0.3 is 14.9 Å². The number of rotatable bonds is 7. The number of carboxylic acid groups (broad SMARTS) is 1. The first kappa shape index (κ1) is 22.5. The second-order valence-electron chi connectivity index (χ2n) is 8.42. The van der Waals surface area contributed by atoms with Crippen molar-refractivity contribution < 1.29 is 22.7 Å². The summed E-state index contributed by atoms with van der Waals surface area (Å²) in [6.07, 6.45) is 5.85. The van der Waals surface area contributed by atoms with Crippen LogP contribution in [0.25, 0.3) is 0 Å². The maximum Gasteiger partial charge on any atom is 0.339 e. The Hall–Kier alpha value is -2.72. The minimum atomic E-state index is -4.00. The van der Waals surface area contributed by atoms with Crippen LogP contribution in [0.15, 0.2) is 41.4 Å². The molecule has 1 aromatic heterocycles. The lowest BCUT2D eigenvalue weighted by Gasteiger charge is -2.36. The van der Waals surface area contributed by atoms with E-state index in [9.17, 15) is 22.7 Å². The number of halogens is 1. The van der Waals surface area contributed by atoms with Crippen LogP contribution in [0.2, 0.25) is 0 Å². The first-order valence-corrected chi connectivity index (χ1v) is 12.3. The van der Waals surface area contributed by atoms with Gasteiger partial charge in [0.15, 0.2) is 0 Å². The Labute approximate surface area is 187 Å². The zero-order valence-corrected chi connectivity index (χ0v) is 18.5. The van der Waals surface area contributed by atoms with Crippen molar-refractivity contribution >= 4 is 27.5 Å². The second kappa shape index (κ2) is 9.41. The number of carbonyl (C=O) groups is 1. The molecule has 2 fully saturated rings. The molecule has 32 heavy (non-hydrogen) atoms. The van der Waals surface area contributed by atoms with Crippen LogP contribution < -0.4 is 9.62 Å². The van der Waals surface area contributed by atoms with Gasteiger partial charge in [0.2, 0.25) is 0 Å². The molecule has 3 heterocycles. The van der Waals surface area contributed by atoms with Crippen LogP contribution in [0.3, 0.4) is 0 Å². The van der Waals surface area contributed by atoms with Crippen LogP contribution in [-0.4, -0.2) is 62.1 Å². The molecule has 0 saturated carbocycles. The molecule has 1 unspecified atom stereocenters. The minimum Gasteiger partial charge on any atom is -0.478 e. The molecule has 2 aliphatic heterocycles. The number of pyridine rings is 1. The van der Waals surface area contributed by atoms with E-state index in [0.717, 1.165) is 63.3 Å². The van der Waals surface area contributed by atoms with E-state index in [0.29, 0.717) is 18.3 Å². The van der Waals surface area contributed by atoms with E-state index in [4.69, 9.17) is 0 Å². The predicted octanol–water partition coefficient (Wildman–Crippen LogP) is 3.03. The minimum absolute atomic E-state index is 0.0427. The Morgan fingerprint density at radius 2 is 1.88 bits per heavy atom. The van der Waals surface area contributed by atoms with Crippen molar-refractivity contribution in [2.24, 2.45) is 5.92 Å². The van der Waals surface area contributed by atoms with Gasteiger partial charge in [-0.05, 0) is 75.0 Å². The number of likely N-dealkylation sites (tertiary alicyclic amines) is 1. The van der Waals surface area contributed by atoms with Crippen LogP contribution in [0.1, 0.15) is 36.0 Å². The molecule has 2 N–H and O–H groups in total. The molecule has 0 aliphatic carbocycles. The van der Waals surface area contributed by atoms with Gasteiger partial charge in [-0.25, -0.2) is 22.6 Å². The predicted molar refractivity (Wildman–Crippen MR) is 119 cm³/mol. The van der Waals surface area contributed by atoms with Crippen molar-refractivity contribution in [3.8, 4) is 0 Å². The summed E-state index contributed by atoms with van der Waals surface area (Å²) in [7, 11) is -4.00. The van der Waals surface area contributed by atoms with Gasteiger partial charge in [-0.2, -0.15) is 0 Å². The number of nitrogens with zero attached hydrogens (tertiary/aromatic N) is 3. The molecule has 0 amide bonds. The number of hydrogen-bond donors (Lipinski definition) is 2. The van der Waals surface area contributed by atoms with E-state index in [1.54, 1.807) is 0 Å². The normalized spacial score (nSPS) is 19.8. The highest BCUT2D eigenvalue weighted by molar-refractivity contribution is 7.92. The third kappa shape index (κ3) is 5.18. The first-order chi connectivity index (χ1) is 15.3. The van der Waals surface area contributed by atoms with E-state index in [-0.39, 0.29) is 16.1 Å². The van der Waals surface area contributed by atoms with Gasteiger partial charge >= 0.3 is 5.97 Å². The summed E-state index contributed by atoms with van der Waals surface area (Å²) < 4.78 is 40.6. The van der Waals surface area contributed by atoms with Crippen LogP contribution in [0.5, 0.6) is 0 Å². The quantitative estimate of drug-likeness (QED) is 0.652. The summed E-state index contributed by atoms with van der Waals surface area (Å²) in [6, 6.07) is 5.68. The van der Waals surface area contributed by atoms with E-state index < -0.39 is 21.8 Å². The lowest BCUT2D eigenvalue weighted by atomic mass is 9.97. The molecular formula is C22H27FN4O4S. The zero-order valence-electron chi connectivity index (χ0n) is 17.7. The molecule has 0 spiro atoms. The van der Waals surface area contributed by atoms with Gasteiger partial charge in [-0.1, -0.05) is 0 Å². The molecule has 0 bridgehead atoms. The summed E-state index contributed by atoms with van der Waals surface area (Å²) in [5.74, 6) is -0.917. The summed E-state index contributed by atoms with van der Waals surface area (Å²) in [4.78, 5) is 20.6. The van der Waals surface area contributed by atoms with Crippen LogP contribution in [-0.2, 0) is 10.0 Å². The highest BCUT2D eigenvalue weighted by Crippen LogP contribution is 2.28. The molecule has 1 atom stereocenters. The third-order valence-corrected chi connectivity index (χ3v) is 7.40. The fraction of sp³-hybridized carbons (Fsp3) is 0.455. The summed E-state index contributed by atoms with van der Waals surface area (Å²) >= 11 is 0. The Morgan fingerprint density at radius 1 is 1.16 bits per heavy atom.